The van der Waals surface area contributed by atoms with E-state index in [2.05, 4.69) is 10.9 Å². The van der Waals surface area contributed by atoms with E-state index in [0.717, 1.165) is 0 Å². The van der Waals surface area contributed by atoms with E-state index < -0.39 is 5.91 Å². The first-order valence-corrected chi connectivity index (χ1v) is 7.89. The highest BCUT2D eigenvalue weighted by atomic mass is 16.5. The van der Waals surface area contributed by atoms with Crippen molar-refractivity contribution in [2.45, 2.75) is 6.42 Å². The van der Waals surface area contributed by atoms with Gasteiger partial charge in [-0.2, -0.15) is 0 Å². The molecule has 0 spiro atoms. The van der Waals surface area contributed by atoms with Crippen LogP contribution in [0, 0.1) is 12.3 Å². The smallest absolute Gasteiger partial charge is 0.260 e. The molecule has 3 rings (SSSR count). The molecule has 0 radical (unpaired) electrons. The lowest BCUT2D eigenvalue weighted by Gasteiger charge is -2.28. The van der Waals surface area contributed by atoms with Gasteiger partial charge in [0.25, 0.3) is 5.56 Å². The van der Waals surface area contributed by atoms with E-state index in [0.29, 0.717) is 43.4 Å². The molecule has 2 N–H and O–H groups in total. The minimum absolute atomic E-state index is 0.145. The Kier molecular flexibility index (Phi) is 4.82. The molecule has 7 nitrogen and oxygen atoms in total. The van der Waals surface area contributed by atoms with Crippen molar-refractivity contribution in [3.8, 4) is 18.0 Å². The van der Waals surface area contributed by atoms with Crippen LogP contribution >= 0.6 is 0 Å². The van der Waals surface area contributed by atoms with Gasteiger partial charge in [-0.3, -0.25) is 14.2 Å². The molecule has 1 saturated heterocycles. The number of morpholine rings is 1. The minimum atomic E-state index is -0.562. The Morgan fingerprint density at radius 2 is 2.08 bits per heavy atom. The summed E-state index contributed by atoms with van der Waals surface area (Å²) >= 11 is 0. The zero-order valence-electron chi connectivity index (χ0n) is 13.6. The number of hydrogen-bond donors (Lipinski definition) is 1. The number of nitrogens with zero attached hydrogens (tertiary/aromatic N) is 3. The second kappa shape index (κ2) is 7.20. The largest absolute Gasteiger partial charge is 0.378 e. The number of aromatic nitrogens is 2. The van der Waals surface area contributed by atoms with Crippen molar-refractivity contribution in [2.75, 3.05) is 31.2 Å². The summed E-state index contributed by atoms with van der Waals surface area (Å²) in [4.78, 5) is 30.7. The van der Waals surface area contributed by atoms with Crippen LogP contribution in [0.3, 0.4) is 0 Å². The number of hydrogen-bond acceptors (Lipinski definition) is 5. The molecule has 2 aromatic rings. The fraction of sp³-hybridized carbons (Fsp3) is 0.278. The number of nitrogens with two attached hydrogens (primary N) is 1. The predicted octanol–water partition coefficient (Wildman–Crippen LogP) is 0.0782. The minimum Gasteiger partial charge on any atom is -0.378 e. The number of carbonyl (C=O) groups excluding carboxylic acids is 1. The molecular formula is C18H18N4O3. The molecule has 0 bridgehead atoms. The van der Waals surface area contributed by atoms with Gasteiger partial charge in [0.15, 0.2) is 0 Å². The average Bonchev–Trinajstić information content (AvgIpc) is 2.61. The summed E-state index contributed by atoms with van der Waals surface area (Å²) in [5, 5.41) is 0. The van der Waals surface area contributed by atoms with Crippen LogP contribution in [0.2, 0.25) is 0 Å². The third-order valence-corrected chi connectivity index (χ3v) is 3.91. The molecule has 2 heterocycles. The summed E-state index contributed by atoms with van der Waals surface area (Å²) in [5.41, 5.74) is 6.24. The second-order valence-corrected chi connectivity index (χ2v) is 5.64. The highest BCUT2D eigenvalue weighted by Gasteiger charge is 2.18. The number of rotatable bonds is 4. The van der Waals surface area contributed by atoms with E-state index in [4.69, 9.17) is 16.9 Å². The first-order valence-electron chi connectivity index (χ1n) is 7.89. The zero-order chi connectivity index (χ0) is 17.8. The van der Waals surface area contributed by atoms with Crippen molar-refractivity contribution in [3.05, 3.63) is 52.1 Å². The van der Waals surface area contributed by atoms with Gasteiger partial charge in [-0.15, -0.1) is 6.42 Å². The van der Waals surface area contributed by atoms with Gasteiger partial charge >= 0.3 is 0 Å². The van der Waals surface area contributed by atoms with Gasteiger partial charge < -0.3 is 15.4 Å². The van der Waals surface area contributed by atoms with E-state index in [9.17, 15) is 9.59 Å². The molecule has 25 heavy (non-hydrogen) atoms. The summed E-state index contributed by atoms with van der Waals surface area (Å²) in [5.74, 6) is 2.78. The standard InChI is InChI=1S/C18H18N4O3/c1-2-13-4-3-5-14(10-13)22-17(11-15(19)23)20-16(12-18(22)24)21-6-8-25-9-7-21/h1,3-5,10,12H,6-9,11H2,(H2,19,23). The Hall–Kier alpha value is -3.11. The van der Waals surface area contributed by atoms with Crippen molar-refractivity contribution < 1.29 is 9.53 Å². The fourth-order valence-electron chi connectivity index (χ4n) is 2.76. The highest BCUT2D eigenvalue weighted by Crippen LogP contribution is 2.15. The molecule has 1 aliphatic rings. The molecule has 1 aromatic carbocycles. The third-order valence-electron chi connectivity index (χ3n) is 3.91. The van der Waals surface area contributed by atoms with Crippen molar-refractivity contribution in [1.29, 1.82) is 0 Å². The Bertz CT molecular complexity index is 892. The molecular weight excluding hydrogens is 320 g/mol. The van der Waals surface area contributed by atoms with Crippen LogP contribution in [0.1, 0.15) is 11.4 Å². The van der Waals surface area contributed by atoms with Crippen LogP contribution in [0.5, 0.6) is 0 Å². The Balaban J connectivity index is 2.11. The average molecular weight is 338 g/mol. The van der Waals surface area contributed by atoms with Crippen molar-refractivity contribution in [2.24, 2.45) is 5.73 Å². The number of carbonyl (C=O) groups is 1. The Labute approximate surface area is 145 Å². The normalized spacial score (nSPS) is 14.1. The maximum Gasteiger partial charge on any atom is 0.260 e. The summed E-state index contributed by atoms with van der Waals surface area (Å²) in [6.07, 6.45) is 5.28. The van der Waals surface area contributed by atoms with Gasteiger partial charge in [0.2, 0.25) is 5.91 Å². The molecule has 0 saturated carbocycles. The van der Waals surface area contributed by atoms with E-state index in [-0.39, 0.29) is 17.8 Å². The summed E-state index contributed by atoms with van der Waals surface area (Å²) in [7, 11) is 0. The van der Waals surface area contributed by atoms with E-state index in [1.165, 1.54) is 10.6 Å². The molecule has 1 fully saturated rings. The van der Waals surface area contributed by atoms with Crippen molar-refractivity contribution in [3.63, 3.8) is 0 Å². The zero-order valence-corrected chi connectivity index (χ0v) is 13.6. The van der Waals surface area contributed by atoms with Crippen LogP contribution in [-0.2, 0) is 16.0 Å². The summed E-state index contributed by atoms with van der Waals surface area (Å²) in [6.45, 7) is 2.42. The van der Waals surface area contributed by atoms with Gasteiger partial charge in [0, 0.05) is 24.7 Å². The van der Waals surface area contributed by atoms with E-state index in [1.807, 2.05) is 4.90 Å². The summed E-state index contributed by atoms with van der Waals surface area (Å²) < 4.78 is 6.69. The Morgan fingerprint density at radius 3 is 2.76 bits per heavy atom. The Morgan fingerprint density at radius 1 is 1.32 bits per heavy atom. The van der Waals surface area contributed by atoms with Crippen LogP contribution in [0.4, 0.5) is 5.82 Å². The van der Waals surface area contributed by atoms with Gasteiger partial charge in [-0.25, -0.2) is 4.98 Å². The number of primary amides is 1. The molecule has 1 amide bonds. The number of amides is 1. The molecule has 7 heteroatoms. The molecule has 1 aromatic heterocycles. The maximum absolute atomic E-state index is 12.7. The monoisotopic (exact) mass is 338 g/mol. The van der Waals surface area contributed by atoms with E-state index >= 15 is 0 Å². The van der Waals surface area contributed by atoms with Crippen LogP contribution in [-0.4, -0.2) is 41.8 Å². The first-order chi connectivity index (χ1) is 12.1. The van der Waals surface area contributed by atoms with Gasteiger partial charge in [-0.1, -0.05) is 12.0 Å². The van der Waals surface area contributed by atoms with Gasteiger partial charge in [0.1, 0.15) is 11.6 Å². The maximum atomic E-state index is 12.7. The first kappa shape index (κ1) is 16.7. The quantitative estimate of drug-likeness (QED) is 0.797. The number of terminal acetylenes is 1. The lowest BCUT2D eigenvalue weighted by molar-refractivity contribution is -0.117. The second-order valence-electron chi connectivity index (χ2n) is 5.64. The van der Waals surface area contributed by atoms with Crippen LogP contribution in [0.15, 0.2) is 35.1 Å². The van der Waals surface area contributed by atoms with Crippen molar-refractivity contribution in [1.82, 2.24) is 9.55 Å². The SMILES string of the molecule is C#Cc1cccc(-n2c(CC(N)=O)nc(N3CCOCC3)cc2=O)c1. The molecule has 0 unspecified atom stereocenters. The number of anilines is 1. The number of ether oxygens (including phenoxy) is 1. The molecule has 128 valence electrons. The molecule has 0 aliphatic carbocycles. The third kappa shape index (κ3) is 3.70. The lowest BCUT2D eigenvalue weighted by atomic mass is 10.2. The van der Waals surface area contributed by atoms with Crippen molar-refractivity contribution >= 4 is 11.7 Å². The predicted molar refractivity (Wildman–Crippen MR) is 93.7 cm³/mol. The topological polar surface area (TPSA) is 90.4 Å². The number of benzene rings is 1. The summed E-state index contributed by atoms with van der Waals surface area (Å²) in [6, 6.07) is 8.40. The highest BCUT2D eigenvalue weighted by molar-refractivity contribution is 5.76. The lowest BCUT2D eigenvalue weighted by Crippen LogP contribution is -2.38. The van der Waals surface area contributed by atoms with Gasteiger partial charge in [0.05, 0.1) is 25.3 Å². The molecule has 1 aliphatic heterocycles. The van der Waals surface area contributed by atoms with E-state index in [1.54, 1.807) is 24.3 Å². The molecule has 0 atom stereocenters. The van der Waals surface area contributed by atoms with Crippen LogP contribution in [0.25, 0.3) is 5.69 Å². The van der Waals surface area contributed by atoms with Crippen LogP contribution < -0.4 is 16.2 Å². The fourth-order valence-corrected chi connectivity index (χ4v) is 2.76. The van der Waals surface area contributed by atoms with Gasteiger partial charge in [-0.05, 0) is 18.2 Å².